The Kier molecular flexibility index (Phi) is 3.65. The SMILES string of the molecule is Cc1ccc(C(C)C)cc1OCc1cn2ccccc2n1. The predicted octanol–water partition coefficient (Wildman–Crippen LogP) is 4.35. The van der Waals surface area contributed by atoms with Crippen molar-refractivity contribution < 1.29 is 4.74 Å². The third-order valence-corrected chi connectivity index (χ3v) is 3.67. The lowest BCUT2D eigenvalue weighted by molar-refractivity contribution is 0.299. The molecule has 0 atom stereocenters. The van der Waals surface area contributed by atoms with Crippen molar-refractivity contribution in [2.24, 2.45) is 0 Å². The number of hydrogen-bond acceptors (Lipinski definition) is 2. The summed E-state index contributed by atoms with van der Waals surface area (Å²) in [5.41, 5.74) is 4.34. The molecule has 0 aliphatic heterocycles. The lowest BCUT2D eigenvalue weighted by Crippen LogP contribution is -1.99. The van der Waals surface area contributed by atoms with Crippen LogP contribution < -0.4 is 4.74 Å². The molecule has 0 aliphatic carbocycles. The van der Waals surface area contributed by atoms with Crippen LogP contribution in [0, 0.1) is 6.92 Å². The second-order valence-corrected chi connectivity index (χ2v) is 5.67. The van der Waals surface area contributed by atoms with E-state index >= 15 is 0 Å². The van der Waals surface area contributed by atoms with E-state index in [1.165, 1.54) is 5.56 Å². The molecule has 2 aromatic heterocycles. The van der Waals surface area contributed by atoms with Gasteiger partial charge in [0.25, 0.3) is 0 Å². The number of pyridine rings is 1. The van der Waals surface area contributed by atoms with Crippen molar-refractivity contribution in [3.8, 4) is 5.75 Å². The summed E-state index contributed by atoms with van der Waals surface area (Å²) in [6.45, 7) is 6.94. The summed E-state index contributed by atoms with van der Waals surface area (Å²) in [6, 6.07) is 12.4. The summed E-state index contributed by atoms with van der Waals surface area (Å²) in [5.74, 6) is 1.45. The van der Waals surface area contributed by atoms with Crippen LogP contribution in [0.4, 0.5) is 0 Å². The first-order valence-electron chi connectivity index (χ1n) is 7.29. The number of imidazole rings is 1. The number of hydrogen-bond donors (Lipinski definition) is 0. The van der Waals surface area contributed by atoms with E-state index in [1.54, 1.807) is 0 Å². The first-order valence-corrected chi connectivity index (χ1v) is 7.29. The summed E-state index contributed by atoms with van der Waals surface area (Å²) in [4.78, 5) is 4.55. The van der Waals surface area contributed by atoms with E-state index in [4.69, 9.17) is 4.74 Å². The Morgan fingerprint density at radius 2 is 2.05 bits per heavy atom. The van der Waals surface area contributed by atoms with Crippen molar-refractivity contribution >= 4 is 5.65 Å². The zero-order chi connectivity index (χ0) is 14.8. The van der Waals surface area contributed by atoms with Crippen LogP contribution in [0.1, 0.15) is 36.6 Å². The molecule has 0 amide bonds. The number of aryl methyl sites for hydroxylation is 1. The molecule has 3 nitrogen and oxygen atoms in total. The van der Waals surface area contributed by atoms with Gasteiger partial charge in [-0.1, -0.05) is 32.0 Å². The molecular weight excluding hydrogens is 260 g/mol. The van der Waals surface area contributed by atoms with Gasteiger partial charge in [-0.25, -0.2) is 4.98 Å². The highest BCUT2D eigenvalue weighted by atomic mass is 16.5. The van der Waals surface area contributed by atoms with E-state index in [0.717, 1.165) is 22.7 Å². The zero-order valence-corrected chi connectivity index (χ0v) is 12.7. The largest absolute Gasteiger partial charge is 0.487 e. The topological polar surface area (TPSA) is 26.5 Å². The van der Waals surface area contributed by atoms with Crippen molar-refractivity contribution in [1.29, 1.82) is 0 Å². The molecule has 2 heterocycles. The summed E-state index contributed by atoms with van der Waals surface area (Å²) >= 11 is 0. The number of nitrogens with zero attached hydrogens (tertiary/aromatic N) is 2. The van der Waals surface area contributed by atoms with Crippen molar-refractivity contribution in [2.45, 2.75) is 33.3 Å². The van der Waals surface area contributed by atoms with Crippen LogP contribution in [0.5, 0.6) is 5.75 Å². The highest BCUT2D eigenvalue weighted by molar-refractivity contribution is 5.40. The molecule has 108 valence electrons. The van der Waals surface area contributed by atoms with Gasteiger partial charge < -0.3 is 9.14 Å². The first-order chi connectivity index (χ1) is 10.1. The van der Waals surface area contributed by atoms with Gasteiger partial charge in [0.15, 0.2) is 0 Å². The van der Waals surface area contributed by atoms with E-state index in [1.807, 2.05) is 35.0 Å². The molecule has 0 radical (unpaired) electrons. The fraction of sp³-hybridized carbons (Fsp3) is 0.278. The van der Waals surface area contributed by atoms with Crippen LogP contribution in [-0.2, 0) is 6.61 Å². The minimum absolute atomic E-state index is 0.490. The molecule has 3 aromatic rings. The molecule has 0 bridgehead atoms. The van der Waals surface area contributed by atoms with Crippen LogP contribution in [0.25, 0.3) is 5.65 Å². The smallest absolute Gasteiger partial charge is 0.137 e. The second kappa shape index (κ2) is 5.60. The van der Waals surface area contributed by atoms with Gasteiger partial charge >= 0.3 is 0 Å². The van der Waals surface area contributed by atoms with Gasteiger partial charge in [0.1, 0.15) is 18.0 Å². The van der Waals surface area contributed by atoms with Crippen molar-refractivity contribution in [3.63, 3.8) is 0 Å². The Bertz CT molecular complexity index is 726. The van der Waals surface area contributed by atoms with Crippen LogP contribution in [0.3, 0.4) is 0 Å². The second-order valence-electron chi connectivity index (χ2n) is 5.67. The first kappa shape index (κ1) is 13.7. The molecule has 0 saturated carbocycles. The standard InChI is InChI=1S/C18H20N2O/c1-13(2)15-8-7-14(3)17(10-15)21-12-16-11-20-9-5-4-6-18(20)19-16/h4-11,13H,12H2,1-3H3. The summed E-state index contributed by atoms with van der Waals surface area (Å²) in [5, 5.41) is 0. The van der Waals surface area contributed by atoms with Gasteiger partial charge in [-0.3, -0.25) is 0 Å². The van der Waals surface area contributed by atoms with Gasteiger partial charge in [-0.15, -0.1) is 0 Å². The van der Waals surface area contributed by atoms with Crippen LogP contribution in [0.2, 0.25) is 0 Å². The number of rotatable bonds is 4. The molecule has 3 rings (SSSR count). The van der Waals surface area contributed by atoms with Crippen LogP contribution in [0.15, 0.2) is 48.8 Å². The maximum absolute atomic E-state index is 5.97. The van der Waals surface area contributed by atoms with Crippen LogP contribution in [-0.4, -0.2) is 9.38 Å². The number of fused-ring (bicyclic) bond motifs is 1. The molecule has 3 heteroatoms. The normalized spacial score (nSPS) is 11.2. The number of aromatic nitrogens is 2. The Morgan fingerprint density at radius 1 is 1.19 bits per heavy atom. The molecule has 1 aromatic carbocycles. The van der Waals surface area contributed by atoms with Crippen molar-refractivity contribution in [1.82, 2.24) is 9.38 Å². The van der Waals surface area contributed by atoms with Crippen molar-refractivity contribution in [3.05, 3.63) is 65.6 Å². The average molecular weight is 280 g/mol. The van der Waals surface area contributed by atoms with E-state index in [9.17, 15) is 0 Å². The van der Waals surface area contributed by atoms with Crippen LogP contribution >= 0.6 is 0 Å². The van der Waals surface area contributed by atoms with Gasteiger partial charge in [-0.2, -0.15) is 0 Å². The molecule has 0 N–H and O–H groups in total. The van der Waals surface area contributed by atoms with Gasteiger partial charge in [0, 0.05) is 12.4 Å². The monoisotopic (exact) mass is 280 g/mol. The molecule has 0 spiro atoms. The Hall–Kier alpha value is -2.29. The number of benzene rings is 1. The Morgan fingerprint density at radius 3 is 2.81 bits per heavy atom. The molecule has 21 heavy (non-hydrogen) atoms. The third kappa shape index (κ3) is 2.92. The highest BCUT2D eigenvalue weighted by Crippen LogP contribution is 2.25. The van der Waals surface area contributed by atoms with E-state index < -0.39 is 0 Å². The third-order valence-electron chi connectivity index (χ3n) is 3.67. The Labute approximate surface area is 125 Å². The van der Waals surface area contributed by atoms with Gasteiger partial charge in [0.2, 0.25) is 0 Å². The van der Waals surface area contributed by atoms with E-state index in [-0.39, 0.29) is 0 Å². The fourth-order valence-electron chi connectivity index (χ4n) is 2.34. The van der Waals surface area contributed by atoms with Gasteiger partial charge in [0.05, 0.1) is 5.69 Å². The summed E-state index contributed by atoms with van der Waals surface area (Å²) in [6.07, 6.45) is 4.01. The Balaban J connectivity index is 1.79. The molecule has 0 saturated heterocycles. The predicted molar refractivity (Wildman–Crippen MR) is 84.8 cm³/mol. The summed E-state index contributed by atoms with van der Waals surface area (Å²) < 4.78 is 7.98. The number of ether oxygens (including phenoxy) is 1. The molecular formula is C18H20N2O. The summed E-state index contributed by atoms with van der Waals surface area (Å²) in [7, 11) is 0. The fourth-order valence-corrected chi connectivity index (χ4v) is 2.34. The molecule has 0 unspecified atom stereocenters. The molecule has 0 fully saturated rings. The maximum Gasteiger partial charge on any atom is 0.137 e. The van der Waals surface area contributed by atoms with Gasteiger partial charge in [-0.05, 0) is 42.2 Å². The quantitative estimate of drug-likeness (QED) is 0.710. The highest BCUT2D eigenvalue weighted by Gasteiger charge is 2.07. The minimum Gasteiger partial charge on any atom is -0.487 e. The zero-order valence-electron chi connectivity index (χ0n) is 12.7. The lowest BCUT2D eigenvalue weighted by atomic mass is 10.0. The average Bonchev–Trinajstić information content (AvgIpc) is 2.89. The maximum atomic E-state index is 5.97. The molecule has 0 aliphatic rings. The van der Waals surface area contributed by atoms with Crippen molar-refractivity contribution in [2.75, 3.05) is 0 Å². The van der Waals surface area contributed by atoms with E-state index in [2.05, 4.69) is 44.0 Å². The minimum atomic E-state index is 0.490. The lowest BCUT2D eigenvalue weighted by Gasteiger charge is -2.12. The van der Waals surface area contributed by atoms with E-state index in [0.29, 0.717) is 12.5 Å².